The second kappa shape index (κ2) is 12.7. The minimum atomic E-state index is -1.24. The number of rotatable bonds is 3. The summed E-state index contributed by atoms with van der Waals surface area (Å²) in [5, 5.41) is 33.2. The van der Waals surface area contributed by atoms with Gasteiger partial charge in [-0.3, -0.25) is 9.59 Å². The van der Waals surface area contributed by atoms with Gasteiger partial charge in [-0.25, -0.2) is 4.98 Å². The largest absolute Gasteiger partial charge is 0.457 e. The van der Waals surface area contributed by atoms with Crippen molar-refractivity contribution in [1.29, 1.82) is 0 Å². The molecule has 0 saturated heterocycles. The third kappa shape index (κ3) is 7.57. The predicted molar refractivity (Wildman–Crippen MR) is 133 cm³/mol. The van der Waals surface area contributed by atoms with E-state index in [9.17, 15) is 24.9 Å². The van der Waals surface area contributed by atoms with Crippen molar-refractivity contribution in [2.75, 3.05) is 0 Å². The lowest BCUT2D eigenvalue weighted by Gasteiger charge is -2.34. The number of cyclic esters (lactones) is 1. The highest BCUT2D eigenvalue weighted by Crippen LogP contribution is 2.32. The normalized spacial score (nSPS) is 31.2. The maximum absolute atomic E-state index is 13.1. The molecule has 2 heterocycles. The van der Waals surface area contributed by atoms with Gasteiger partial charge in [0, 0.05) is 17.7 Å². The molecule has 8 heteroatoms. The van der Waals surface area contributed by atoms with Crippen LogP contribution in [0.1, 0.15) is 77.4 Å². The number of hydrogen-bond acceptors (Lipinski definition) is 8. The number of carbonyl (C=O) groups excluding carboxylic acids is 2. The minimum Gasteiger partial charge on any atom is -0.457 e. The third-order valence-corrected chi connectivity index (χ3v) is 7.60. The van der Waals surface area contributed by atoms with E-state index in [0.717, 1.165) is 24.8 Å². The lowest BCUT2D eigenvalue weighted by molar-refractivity contribution is -0.154. The molecule has 1 aliphatic heterocycles. The monoisotopic (exact) mass is 493 g/mol. The molecule has 0 amide bonds. The van der Waals surface area contributed by atoms with Crippen LogP contribution in [0.3, 0.4) is 0 Å². The number of thiazole rings is 1. The molecule has 0 unspecified atom stereocenters. The average molecular weight is 494 g/mol. The molecular weight excluding hydrogens is 454 g/mol. The lowest BCUT2D eigenvalue weighted by Crippen LogP contribution is -2.45. The van der Waals surface area contributed by atoms with Crippen LogP contribution in [0.5, 0.6) is 0 Å². The van der Waals surface area contributed by atoms with Gasteiger partial charge in [0.15, 0.2) is 0 Å². The lowest BCUT2D eigenvalue weighted by atomic mass is 9.73. The van der Waals surface area contributed by atoms with Crippen molar-refractivity contribution >= 4 is 29.2 Å². The number of carbonyl (C=O) groups is 2. The van der Waals surface area contributed by atoms with Gasteiger partial charge in [-0.2, -0.15) is 0 Å². The Morgan fingerprint density at radius 2 is 1.97 bits per heavy atom. The molecule has 0 fully saturated rings. The first kappa shape index (κ1) is 28.4. The Morgan fingerprint density at radius 1 is 1.26 bits per heavy atom. The zero-order valence-corrected chi connectivity index (χ0v) is 21.7. The summed E-state index contributed by atoms with van der Waals surface area (Å²) in [4.78, 5) is 30.2. The molecule has 0 saturated carbocycles. The van der Waals surface area contributed by atoms with E-state index in [4.69, 9.17) is 4.74 Å². The van der Waals surface area contributed by atoms with Crippen molar-refractivity contribution in [1.82, 2.24) is 4.98 Å². The smallest absolute Gasteiger partial charge is 0.309 e. The molecule has 0 aliphatic carbocycles. The number of Topliss-reactive ketones (excluding diaryl/α,β-unsaturated/α-hetero) is 1. The Balaban J connectivity index is 2.27. The van der Waals surface area contributed by atoms with Crippen molar-refractivity contribution in [3.05, 3.63) is 33.8 Å². The van der Waals surface area contributed by atoms with Crippen molar-refractivity contribution in [3.63, 3.8) is 0 Å². The van der Waals surface area contributed by atoms with E-state index >= 15 is 0 Å². The molecule has 1 aromatic rings. The second-order valence-corrected chi connectivity index (χ2v) is 10.8. The number of ketones is 1. The van der Waals surface area contributed by atoms with Gasteiger partial charge in [-0.05, 0) is 43.8 Å². The molecule has 190 valence electrons. The topological polar surface area (TPSA) is 117 Å². The second-order valence-electron chi connectivity index (χ2n) is 9.89. The standard InChI is InChI=1S/C26H39NO6S/c1-16-10-8-6-7-9-11-20(17(2)12-19-15-34-22(14-28)27-19)33-23(30)13-21(29)26(4,5)25(32)18(3)24(16)31/h7,9,12,15-16,18,20-21,24,28-29,31H,6,8,10-11,13-14H2,1-5H3/b9-7-,17-12+/t16-,18-,20-,21+,24-/m1/s1. The van der Waals surface area contributed by atoms with Crippen LogP contribution >= 0.6 is 11.3 Å². The maximum Gasteiger partial charge on any atom is 0.309 e. The van der Waals surface area contributed by atoms with Crippen LogP contribution in [0.2, 0.25) is 0 Å². The molecule has 2 rings (SSSR count). The molecule has 7 nitrogen and oxygen atoms in total. The number of allylic oxidation sites excluding steroid dienone is 1. The Kier molecular flexibility index (Phi) is 10.6. The fraction of sp³-hybridized carbons (Fsp3) is 0.654. The molecule has 0 bridgehead atoms. The molecule has 0 spiro atoms. The number of aliphatic hydroxyl groups excluding tert-OH is 3. The summed E-state index contributed by atoms with van der Waals surface area (Å²) in [6.07, 6.45) is 5.87. The van der Waals surface area contributed by atoms with Crippen LogP contribution in [-0.4, -0.2) is 50.4 Å². The van der Waals surface area contributed by atoms with Crippen molar-refractivity contribution in [2.45, 2.75) is 91.6 Å². The van der Waals surface area contributed by atoms with E-state index < -0.39 is 35.6 Å². The van der Waals surface area contributed by atoms with Gasteiger partial charge in [0.25, 0.3) is 0 Å². The maximum atomic E-state index is 13.1. The van der Waals surface area contributed by atoms with Gasteiger partial charge >= 0.3 is 5.97 Å². The summed E-state index contributed by atoms with van der Waals surface area (Å²) in [7, 11) is 0. The first-order chi connectivity index (χ1) is 16.0. The van der Waals surface area contributed by atoms with Crippen LogP contribution in [-0.2, 0) is 20.9 Å². The summed E-state index contributed by atoms with van der Waals surface area (Å²) in [6.45, 7) is 8.57. The highest BCUT2D eigenvalue weighted by molar-refractivity contribution is 7.09. The summed E-state index contributed by atoms with van der Waals surface area (Å²) in [5.74, 6) is -1.57. The Morgan fingerprint density at radius 3 is 2.62 bits per heavy atom. The molecule has 3 N–H and O–H groups in total. The number of nitrogens with zero attached hydrogens (tertiary/aromatic N) is 1. The van der Waals surface area contributed by atoms with Gasteiger partial charge in [0.05, 0.1) is 36.3 Å². The van der Waals surface area contributed by atoms with Gasteiger partial charge in [-0.15, -0.1) is 11.3 Å². The van der Waals surface area contributed by atoms with Crippen molar-refractivity contribution in [2.24, 2.45) is 17.3 Å². The van der Waals surface area contributed by atoms with E-state index in [1.165, 1.54) is 11.3 Å². The molecule has 5 atom stereocenters. The molecular formula is C26H39NO6S. The van der Waals surface area contributed by atoms with Crippen molar-refractivity contribution in [3.8, 4) is 0 Å². The highest BCUT2D eigenvalue weighted by Gasteiger charge is 2.42. The summed E-state index contributed by atoms with van der Waals surface area (Å²) >= 11 is 1.36. The van der Waals surface area contributed by atoms with Gasteiger partial charge in [0.1, 0.15) is 16.9 Å². The summed E-state index contributed by atoms with van der Waals surface area (Å²) in [5.41, 5.74) is 0.272. The Bertz CT molecular complexity index is 890. The van der Waals surface area contributed by atoms with Gasteiger partial charge in [-0.1, -0.05) is 39.8 Å². The van der Waals surface area contributed by atoms with E-state index in [1.54, 1.807) is 20.8 Å². The molecule has 0 aromatic carbocycles. The molecule has 1 aliphatic rings. The number of hydrogen-bond donors (Lipinski definition) is 3. The molecule has 0 radical (unpaired) electrons. The SMILES string of the molecule is C/C(=C\c1csc(CO)n1)[C@H]1C/C=C\CCC[C@@H](C)[C@@H](O)[C@@H](C)C(=O)C(C)(C)[C@@H](O)CC(=O)O1. The quantitative estimate of drug-likeness (QED) is 0.429. The minimum absolute atomic E-state index is 0.0574. The van der Waals surface area contributed by atoms with E-state index in [0.29, 0.717) is 17.1 Å². The zero-order chi connectivity index (χ0) is 25.5. The predicted octanol–water partition coefficient (Wildman–Crippen LogP) is 4.06. The van der Waals surface area contributed by atoms with E-state index in [2.05, 4.69) is 4.98 Å². The third-order valence-electron chi connectivity index (χ3n) is 6.75. The van der Waals surface area contributed by atoms with Crippen LogP contribution < -0.4 is 0 Å². The van der Waals surface area contributed by atoms with Crippen LogP contribution in [0.25, 0.3) is 6.08 Å². The van der Waals surface area contributed by atoms with Gasteiger partial charge in [0.2, 0.25) is 0 Å². The Labute approximate surface area is 206 Å². The number of esters is 1. The Hall–Kier alpha value is -1.87. The van der Waals surface area contributed by atoms with Crippen LogP contribution in [0.15, 0.2) is 23.1 Å². The van der Waals surface area contributed by atoms with Crippen LogP contribution in [0.4, 0.5) is 0 Å². The fourth-order valence-corrected chi connectivity index (χ4v) is 4.81. The zero-order valence-electron chi connectivity index (χ0n) is 20.9. The van der Waals surface area contributed by atoms with E-state index in [1.807, 2.05) is 37.5 Å². The van der Waals surface area contributed by atoms with Crippen molar-refractivity contribution < 1.29 is 29.6 Å². The average Bonchev–Trinajstić information content (AvgIpc) is 3.25. The first-order valence-corrected chi connectivity index (χ1v) is 12.8. The number of aromatic nitrogens is 1. The molecule has 34 heavy (non-hydrogen) atoms. The van der Waals surface area contributed by atoms with Gasteiger partial charge < -0.3 is 20.1 Å². The fourth-order valence-electron chi connectivity index (χ4n) is 4.20. The number of aliphatic hydroxyl groups is 3. The van der Waals surface area contributed by atoms with Crippen LogP contribution in [0, 0.1) is 17.3 Å². The first-order valence-electron chi connectivity index (χ1n) is 12.0. The summed E-state index contributed by atoms with van der Waals surface area (Å²) < 4.78 is 5.73. The number of ether oxygens (including phenoxy) is 1. The highest BCUT2D eigenvalue weighted by atomic mass is 32.1. The molecule has 1 aromatic heterocycles. The van der Waals surface area contributed by atoms with E-state index in [-0.39, 0.29) is 24.7 Å². The summed E-state index contributed by atoms with van der Waals surface area (Å²) in [6, 6.07) is 0.